The van der Waals surface area contributed by atoms with Gasteiger partial charge in [-0.05, 0) is 24.1 Å². The lowest BCUT2D eigenvalue weighted by Gasteiger charge is -2.45. The molecule has 2 aliphatic heterocycles. The summed E-state index contributed by atoms with van der Waals surface area (Å²) in [6, 6.07) is 5.84. The number of hydrogen-bond donors (Lipinski definition) is 2. The zero-order valence-electron chi connectivity index (χ0n) is 13.9. The molecular formula is C17H20Cl2FN3O3. The highest BCUT2D eigenvalue weighted by atomic mass is 35.5. The topological polar surface area (TPSA) is 72.9 Å². The molecule has 0 aliphatic carbocycles. The summed E-state index contributed by atoms with van der Waals surface area (Å²) in [7, 11) is 0. The Bertz CT molecular complexity index is 676. The lowest BCUT2D eigenvalue weighted by Crippen LogP contribution is -2.68. The number of hydrogen-bond acceptors (Lipinski definition) is 4. The van der Waals surface area contributed by atoms with E-state index in [1.165, 1.54) is 9.80 Å². The molecule has 0 saturated carbocycles. The molecular weight excluding hydrogens is 384 g/mol. The number of piperazine rings is 1. The molecule has 142 valence electrons. The molecule has 0 bridgehead atoms. The van der Waals surface area contributed by atoms with Gasteiger partial charge in [0.05, 0.1) is 6.61 Å². The Morgan fingerprint density at radius 1 is 1.27 bits per heavy atom. The van der Waals surface area contributed by atoms with Crippen LogP contribution in [0.4, 0.5) is 4.39 Å². The van der Waals surface area contributed by atoms with E-state index in [4.69, 9.17) is 23.2 Å². The van der Waals surface area contributed by atoms with Crippen LogP contribution in [0.2, 0.25) is 5.02 Å². The molecule has 2 aliphatic rings. The molecule has 4 atom stereocenters. The number of piperidine rings is 1. The van der Waals surface area contributed by atoms with Gasteiger partial charge in [-0.3, -0.25) is 14.9 Å². The molecule has 0 aromatic heterocycles. The summed E-state index contributed by atoms with van der Waals surface area (Å²) in [6.07, 6.45) is -2.17. The van der Waals surface area contributed by atoms with Crippen LogP contribution in [0, 0.1) is 0 Å². The van der Waals surface area contributed by atoms with E-state index in [1.807, 2.05) is 0 Å². The minimum absolute atomic E-state index is 0.107. The first kappa shape index (κ1) is 19.4. The Kier molecular flexibility index (Phi) is 6.02. The SMILES string of the molecule is O=C1[C@@H](CO)N(Cc2ccc(Cl)cc2)C(=O)CN1C1NCC(Cl)CC1F. The molecule has 2 amide bonds. The van der Waals surface area contributed by atoms with Crippen molar-refractivity contribution in [2.45, 2.75) is 36.7 Å². The molecule has 9 heteroatoms. The van der Waals surface area contributed by atoms with E-state index in [2.05, 4.69) is 5.32 Å². The van der Waals surface area contributed by atoms with Gasteiger partial charge in [-0.25, -0.2) is 4.39 Å². The summed E-state index contributed by atoms with van der Waals surface area (Å²) in [5.41, 5.74) is 0.784. The third kappa shape index (κ3) is 3.96. The molecule has 2 heterocycles. The predicted molar refractivity (Wildman–Crippen MR) is 95.5 cm³/mol. The number of benzene rings is 1. The molecule has 0 spiro atoms. The first-order valence-electron chi connectivity index (χ1n) is 8.37. The predicted octanol–water partition coefficient (Wildman–Crippen LogP) is 1.14. The summed E-state index contributed by atoms with van der Waals surface area (Å²) in [6.45, 7) is -0.255. The number of aliphatic hydroxyl groups is 1. The number of halogens is 3. The van der Waals surface area contributed by atoms with Crippen molar-refractivity contribution in [1.29, 1.82) is 0 Å². The highest BCUT2D eigenvalue weighted by molar-refractivity contribution is 6.30. The van der Waals surface area contributed by atoms with Gasteiger partial charge in [0.15, 0.2) is 0 Å². The van der Waals surface area contributed by atoms with Gasteiger partial charge in [0.25, 0.3) is 0 Å². The number of amides is 2. The van der Waals surface area contributed by atoms with Crippen molar-refractivity contribution in [3.8, 4) is 0 Å². The second-order valence-electron chi connectivity index (χ2n) is 6.51. The summed E-state index contributed by atoms with van der Waals surface area (Å²) < 4.78 is 14.4. The number of aliphatic hydroxyl groups excluding tert-OH is 1. The Morgan fingerprint density at radius 3 is 2.58 bits per heavy atom. The van der Waals surface area contributed by atoms with Gasteiger partial charge in [0, 0.05) is 23.5 Å². The average Bonchev–Trinajstić information content (AvgIpc) is 2.60. The summed E-state index contributed by atoms with van der Waals surface area (Å²) in [5, 5.41) is 12.8. The van der Waals surface area contributed by atoms with Gasteiger partial charge in [0.1, 0.15) is 24.9 Å². The first-order valence-corrected chi connectivity index (χ1v) is 9.19. The van der Waals surface area contributed by atoms with E-state index in [9.17, 15) is 19.1 Å². The fourth-order valence-electron chi connectivity index (χ4n) is 3.35. The molecule has 3 rings (SSSR count). The van der Waals surface area contributed by atoms with Crippen molar-refractivity contribution in [2.75, 3.05) is 19.7 Å². The van der Waals surface area contributed by atoms with Crippen LogP contribution in [-0.2, 0) is 16.1 Å². The number of nitrogens with zero attached hydrogens (tertiary/aromatic N) is 2. The van der Waals surface area contributed by atoms with Gasteiger partial charge >= 0.3 is 0 Å². The van der Waals surface area contributed by atoms with Crippen LogP contribution in [0.1, 0.15) is 12.0 Å². The fourth-order valence-corrected chi connectivity index (χ4v) is 3.73. The Hall–Kier alpha value is -1.41. The molecule has 6 nitrogen and oxygen atoms in total. The average molecular weight is 404 g/mol. The summed E-state index contributed by atoms with van der Waals surface area (Å²) in [4.78, 5) is 27.9. The summed E-state index contributed by atoms with van der Waals surface area (Å²) >= 11 is 11.8. The fraction of sp³-hybridized carbons (Fsp3) is 0.529. The molecule has 2 fully saturated rings. The van der Waals surface area contributed by atoms with E-state index >= 15 is 0 Å². The van der Waals surface area contributed by atoms with Crippen molar-refractivity contribution in [3.05, 3.63) is 34.9 Å². The standard InChI is InChI=1S/C17H20Cl2FN3O3/c18-11-3-1-10(2-4-11)7-22-14(9-24)17(26)23(8-15(22)25)16-13(20)5-12(19)6-21-16/h1-4,12-14,16,21,24H,5-9H2/t12?,13?,14-,16?/m1/s1. The van der Waals surface area contributed by atoms with E-state index < -0.39 is 30.9 Å². The highest BCUT2D eigenvalue weighted by Crippen LogP contribution is 2.24. The van der Waals surface area contributed by atoms with Gasteiger partial charge in [-0.1, -0.05) is 23.7 Å². The molecule has 3 unspecified atom stereocenters. The minimum Gasteiger partial charge on any atom is -0.394 e. The first-order chi connectivity index (χ1) is 12.4. The largest absolute Gasteiger partial charge is 0.394 e. The van der Waals surface area contributed by atoms with Gasteiger partial charge in [-0.2, -0.15) is 0 Å². The van der Waals surface area contributed by atoms with Crippen molar-refractivity contribution in [1.82, 2.24) is 15.1 Å². The number of alkyl halides is 2. The van der Waals surface area contributed by atoms with Crippen molar-refractivity contribution < 1.29 is 19.1 Å². The number of nitrogens with one attached hydrogen (secondary N) is 1. The van der Waals surface area contributed by atoms with Crippen LogP contribution < -0.4 is 5.32 Å². The van der Waals surface area contributed by atoms with Crippen LogP contribution in [-0.4, -0.2) is 70.2 Å². The molecule has 0 radical (unpaired) electrons. The molecule has 1 aromatic rings. The third-order valence-corrected chi connectivity index (χ3v) is 5.30. The summed E-state index contributed by atoms with van der Waals surface area (Å²) in [5.74, 6) is -0.824. The minimum atomic E-state index is -1.37. The maximum Gasteiger partial charge on any atom is 0.249 e. The Labute approximate surface area is 160 Å². The third-order valence-electron chi connectivity index (χ3n) is 4.72. The van der Waals surface area contributed by atoms with E-state index in [1.54, 1.807) is 24.3 Å². The van der Waals surface area contributed by atoms with Crippen LogP contribution in [0.5, 0.6) is 0 Å². The Balaban J connectivity index is 1.76. The zero-order chi connectivity index (χ0) is 18.8. The van der Waals surface area contributed by atoms with Crippen LogP contribution in [0.25, 0.3) is 0 Å². The van der Waals surface area contributed by atoms with Crippen LogP contribution in [0.15, 0.2) is 24.3 Å². The van der Waals surface area contributed by atoms with Crippen molar-refractivity contribution in [2.24, 2.45) is 0 Å². The van der Waals surface area contributed by atoms with Crippen molar-refractivity contribution >= 4 is 35.0 Å². The highest BCUT2D eigenvalue weighted by Gasteiger charge is 2.45. The van der Waals surface area contributed by atoms with E-state index in [0.29, 0.717) is 11.6 Å². The molecule has 2 N–H and O–H groups in total. The quantitative estimate of drug-likeness (QED) is 0.739. The number of carbonyl (C=O) groups is 2. The zero-order valence-corrected chi connectivity index (χ0v) is 15.5. The second-order valence-corrected chi connectivity index (χ2v) is 7.57. The number of rotatable bonds is 4. The van der Waals surface area contributed by atoms with Gasteiger partial charge in [0.2, 0.25) is 11.8 Å². The van der Waals surface area contributed by atoms with E-state index in [0.717, 1.165) is 5.56 Å². The smallest absolute Gasteiger partial charge is 0.249 e. The second kappa shape index (κ2) is 8.08. The van der Waals surface area contributed by atoms with Crippen molar-refractivity contribution in [3.63, 3.8) is 0 Å². The van der Waals surface area contributed by atoms with Gasteiger partial charge in [-0.15, -0.1) is 11.6 Å². The maximum absolute atomic E-state index is 14.4. The monoisotopic (exact) mass is 403 g/mol. The number of carbonyl (C=O) groups excluding carboxylic acids is 2. The normalized spacial score (nSPS) is 30.0. The molecule has 1 aromatic carbocycles. The van der Waals surface area contributed by atoms with Crippen LogP contribution in [0.3, 0.4) is 0 Å². The molecule has 2 saturated heterocycles. The van der Waals surface area contributed by atoms with E-state index in [-0.39, 0.29) is 30.8 Å². The molecule has 26 heavy (non-hydrogen) atoms. The van der Waals surface area contributed by atoms with Gasteiger partial charge < -0.3 is 14.9 Å². The lowest BCUT2D eigenvalue weighted by molar-refractivity contribution is -0.163. The maximum atomic E-state index is 14.4. The lowest BCUT2D eigenvalue weighted by atomic mass is 10.0. The van der Waals surface area contributed by atoms with Crippen LogP contribution >= 0.6 is 23.2 Å². The Morgan fingerprint density at radius 2 is 1.96 bits per heavy atom.